The second-order valence-corrected chi connectivity index (χ2v) is 4.45. The molecule has 0 atom stereocenters. The van der Waals surface area contributed by atoms with Crippen LogP contribution >= 0.6 is 0 Å². The zero-order valence-electron chi connectivity index (χ0n) is 11.7. The predicted octanol–water partition coefficient (Wildman–Crippen LogP) is 3.49. The molecule has 0 radical (unpaired) electrons. The molecule has 4 heteroatoms. The minimum Gasteiger partial charge on any atom is -0.497 e. The fourth-order valence-corrected chi connectivity index (χ4v) is 1.77. The highest BCUT2D eigenvalue weighted by molar-refractivity contribution is 5.87. The molecule has 0 aliphatic heterocycles. The van der Waals surface area contributed by atoms with Gasteiger partial charge in [-0.05, 0) is 47.5 Å². The summed E-state index contributed by atoms with van der Waals surface area (Å²) in [6.07, 6.45) is 0. The summed E-state index contributed by atoms with van der Waals surface area (Å²) in [5.41, 5.74) is 2.04. The van der Waals surface area contributed by atoms with E-state index in [-0.39, 0.29) is 5.56 Å². The Balaban J connectivity index is 1.95. The average Bonchev–Trinajstić information content (AvgIpc) is 2.53. The van der Waals surface area contributed by atoms with Crippen molar-refractivity contribution >= 4 is 11.5 Å². The van der Waals surface area contributed by atoms with Gasteiger partial charge in [0.05, 0.1) is 12.7 Å². The summed E-state index contributed by atoms with van der Waals surface area (Å²) < 4.78 is 10.7. The molecule has 0 fully saturated rings. The van der Waals surface area contributed by atoms with Gasteiger partial charge in [0.15, 0.2) is 0 Å². The molecule has 21 heavy (non-hydrogen) atoms. The van der Waals surface area contributed by atoms with Gasteiger partial charge in [-0.15, -0.1) is 0 Å². The highest BCUT2D eigenvalue weighted by atomic mass is 16.5. The Hall–Kier alpha value is -2.75. The topological polar surface area (TPSA) is 55.8 Å². The molecule has 1 N–H and O–H groups in total. The first kappa shape index (κ1) is 14.7. The molecule has 0 saturated carbocycles. The zero-order valence-corrected chi connectivity index (χ0v) is 11.7. The predicted molar refractivity (Wildman–Crippen MR) is 80.9 cm³/mol. The normalized spacial score (nSPS) is 9.95. The highest BCUT2D eigenvalue weighted by Gasteiger charge is 2.04. The van der Waals surface area contributed by atoms with Crippen LogP contribution in [0.1, 0.15) is 15.9 Å². The number of carboxylic acids is 1. The smallest absolute Gasteiger partial charge is 0.335 e. The summed E-state index contributed by atoms with van der Waals surface area (Å²) in [4.78, 5) is 10.8. The van der Waals surface area contributed by atoms with Crippen molar-refractivity contribution in [2.45, 2.75) is 0 Å². The number of carbonyl (C=O) groups is 1. The second-order valence-electron chi connectivity index (χ2n) is 4.45. The minimum atomic E-state index is -0.954. The molecule has 0 bridgehead atoms. The molecular weight excluding hydrogens is 268 g/mol. The monoisotopic (exact) mass is 284 g/mol. The van der Waals surface area contributed by atoms with Crippen molar-refractivity contribution in [1.29, 1.82) is 0 Å². The third-order valence-corrected chi connectivity index (χ3v) is 3.01. The van der Waals surface area contributed by atoms with Gasteiger partial charge in [-0.25, -0.2) is 4.79 Å². The van der Waals surface area contributed by atoms with Crippen LogP contribution in [0.5, 0.6) is 11.5 Å². The van der Waals surface area contributed by atoms with Crippen molar-refractivity contribution in [2.24, 2.45) is 0 Å². The molecule has 0 heterocycles. The molecule has 0 aliphatic rings. The van der Waals surface area contributed by atoms with E-state index in [1.165, 1.54) is 12.1 Å². The van der Waals surface area contributed by atoms with Gasteiger partial charge >= 0.3 is 5.97 Å². The van der Waals surface area contributed by atoms with Gasteiger partial charge in [0.25, 0.3) is 0 Å². The van der Waals surface area contributed by atoms with Gasteiger partial charge in [0, 0.05) is 0 Å². The summed E-state index contributed by atoms with van der Waals surface area (Å²) in [7, 11) is 1.62. The van der Waals surface area contributed by atoms with Crippen molar-refractivity contribution in [3.05, 3.63) is 66.2 Å². The number of carboxylic acid groups (broad SMARTS) is 1. The van der Waals surface area contributed by atoms with Crippen LogP contribution in [0.15, 0.2) is 55.1 Å². The van der Waals surface area contributed by atoms with Crippen molar-refractivity contribution < 1.29 is 19.4 Å². The third kappa shape index (κ3) is 3.86. The first-order chi connectivity index (χ1) is 10.1. The van der Waals surface area contributed by atoms with Gasteiger partial charge < -0.3 is 14.6 Å². The number of methoxy groups -OCH3 is 1. The summed E-state index contributed by atoms with van der Waals surface area (Å²) in [5.74, 6) is 0.440. The Morgan fingerprint density at radius 3 is 2.05 bits per heavy atom. The fourth-order valence-electron chi connectivity index (χ4n) is 1.77. The van der Waals surface area contributed by atoms with Crippen molar-refractivity contribution in [3.63, 3.8) is 0 Å². The Kier molecular flexibility index (Phi) is 4.61. The van der Waals surface area contributed by atoms with Gasteiger partial charge in [0.1, 0.15) is 18.1 Å². The van der Waals surface area contributed by atoms with Crippen LogP contribution in [0.25, 0.3) is 5.57 Å². The van der Waals surface area contributed by atoms with E-state index in [2.05, 4.69) is 6.58 Å². The molecule has 0 unspecified atom stereocenters. The fraction of sp³-hybridized carbons (Fsp3) is 0.118. The Bertz CT molecular complexity index is 627. The summed E-state index contributed by atoms with van der Waals surface area (Å²) >= 11 is 0. The molecular formula is C17H16O4. The standard InChI is InChI=1S/C17H16O4/c1-12(13-3-7-15(20-2)8-4-13)11-21-16-9-5-14(6-10-16)17(18)19/h3-10H,1,11H2,2H3,(H,18,19). The van der Waals surface area contributed by atoms with Gasteiger partial charge in [-0.2, -0.15) is 0 Å². The lowest BCUT2D eigenvalue weighted by Crippen LogP contribution is -2.01. The number of ether oxygens (including phenoxy) is 2. The van der Waals surface area contributed by atoms with E-state index in [9.17, 15) is 4.79 Å². The lowest BCUT2D eigenvalue weighted by atomic mass is 10.1. The molecule has 2 rings (SSSR count). The molecule has 4 nitrogen and oxygen atoms in total. The van der Waals surface area contributed by atoms with Gasteiger partial charge in [-0.1, -0.05) is 18.7 Å². The van der Waals surface area contributed by atoms with E-state index in [0.717, 1.165) is 16.9 Å². The number of rotatable bonds is 6. The minimum absolute atomic E-state index is 0.233. The molecule has 0 amide bonds. The van der Waals surface area contributed by atoms with Crippen LogP contribution < -0.4 is 9.47 Å². The SMILES string of the molecule is C=C(COc1ccc(C(=O)O)cc1)c1ccc(OC)cc1. The van der Waals surface area contributed by atoms with E-state index in [4.69, 9.17) is 14.6 Å². The lowest BCUT2D eigenvalue weighted by molar-refractivity contribution is 0.0697. The zero-order chi connectivity index (χ0) is 15.2. The highest BCUT2D eigenvalue weighted by Crippen LogP contribution is 2.19. The first-order valence-corrected chi connectivity index (χ1v) is 6.38. The number of benzene rings is 2. The summed E-state index contributed by atoms with van der Waals surface area (Å²) in [6, 6.07) is 13.8. The molecule has 0 saturated heterocycles. The maximum atomic E-state index is 10.8. The van der Waals surface area contributed by atoms with Gasteiger partial charge in [-0.3, -0.25) is 0 Å². The Labute approximate surface area is 123 Å². The van der Waals surface area contributed by atoms with Crippen molar-refractivity contribution in [1.82, 2.24) is 0 Å². The molecule has 0 spiro atoms. The van der Waals surface area contributed by atoms with Crippen LogP contribution in [0, 0.1) is 0 Å². The van der Waals surface area contributed by atoms with Crippen LogP contribution in [0.3, 0.4) is 0 Å². The number of aromatic carboxylic acids is 1. The molecule has 2 aromatic rings. The van der Waals surface area contributed by atoms with Crippen molar-refractivity contribution in [2.75, 3.05) is 13.7 Å². The number of hydrogen-bond donors (Lipinski definition) is 1. The van der Waals surface area contributed by atoms with Crippen LogP contribution in [0.4, 0.5) is 0 Å². The first-order valence-electron chi connectivity index (χ1n) is 6.38. The van der Waals surface area contributed by atoms with Crippen LogP contribution in [-0.2, 0) is 0 Å². The Morgan fingerprint density at radius 1 is 1.00 bits per heavy atom. The lowest BCUT2D eigenvalue weighted by Gasteiger charge is -2.09. The van der Waals surface area contributed by atoms with E-state index in [1.54, 1.807) is 19.2 Å². The quantitative estimate of drug-likeness (QED) is 0.882. The largest absolute Gasteiger partial charge is 0.497 e. The second kappa shape index (κ2) is 6.61. The third-order valence-electron chi connectivity index (χ3n) is 3.01. The van der Waals surface area contributed by atoms with Crippen LogP contribution in [0.2, 0.25) is 0 Å². The average molecular weight is 284 g/mol. The molecule has 108 valence electrons. The van der Waals surface area contributed by atoms with Crippen molar-refractivity contribution in [3.8, 4) is 11.5 Å². The van der Waals surface area contributed by atoms with E-state index >= 15 is 0 Å². The van der Waals surface area contributed by atoms with Crippen LogP contribution in [-0.4, -0.2) is 24.8 Å². The Morgan fingerprint density at radius 2 is 1.52 bits per heavy atom. The van der Waals surface area contributed by atoms with E-state index in [0.29, 0.717) is 12.4 Å². The maximum Gasteiger partial charge on any atom is 0.335 e. The molecule has 2 aromatic carbocycles. The molecule has 0 aromatic heterocycles. The van der Waals surface area contributed by atoms with E-state index in [1.807, 2.05) is 24.3 Å². The maximum absolute atomic E-state index is 10.8. The number of hydrogen-bond acceptors (Lipinski definition) is 3. The van der Waals surface area contributed by atoms with E-state index < -0.39 is 5.97 Å². The summed E-state index contributed by atoms with van der Waals surface area (Å²) in [5, 5.41) is 8.82. The molecule has 0 aliphatic carbocycles. The van der Waals surface area contributed by atoms with Gasteiger partial charge in [0.2, 0.25) is 0 Å². The summed E-state index contributed by atoms with van der Waals surface area (Å²) in [6.45, 7) is 4.31.